The van der Waals surface area contributed by atoms with E-state index in [4.69, 9.17) is 49.0 Å². The number of aromatic nitrogens is 2. The van der Waals surface area contributed by atoms with Gasteiger partial charge in [-0.25, -0.2) is 14.0 Å². The molecule has 1 heterocycles. The number of hydrogen-bond donors (Lipinski definition) is 0. The average Bonchev–Trinajstić information content (AvgIpc) is 2.64. The Kier molecular flexibility index (Phi) is 8.61. The molecule has 1 atom stereocenters. The van der Waals surface area contributed by atoms with Crippen LogP contribution >= 0.6 is 34.8 Å². The molecule has 8 nitrogen and oxygen atoms in total. The lowest BCUT2D eigenvalue weighted by Crippen LogP contribution is -2.44. The Morgan fingerprint density at radius 1 is 0.971 bits per heavy atom. The fourth-order valence-corrected chi connectivity index (χ4v) is 3.43. The van der Waals surface area contributed by atoms with Crippen molar-refractivity contribution in [3.63, 3.8) is 0 Å². The number of halogens is 4. The minimum absolute atomic E-state index is 0.101. The van der Waals surface area contributed by atoms with E-state index in [-0.39, 0.29) is 32.3 Å². The molecule has 186 valence electrons. The van der Waals surface area contributed by atoms with Crippen molar-refractivity contribution in [3.05, 3.63) is 44.8 Å². The number of carbonyl (C=O) groups is 2. The van der Waals surface area contributed by atoms with Crippen molar-refractivity contribution < 1.29 is 28.2 Å². The third-order valence-electron chi connectivity index (χ3n) is 3.86. The molecule has 0 saturated carbocycles. The highest BCUT2D eigenvalue weighted by molar-refractivity contribution is 6.36. The topological polar surface area (TPSA) is 90.9 Å². The number of ether oxygens (including phenoxy) is 3. The first-order chi connectivity index (χ1) is 15.5. The molecule has 2 rings (SSSR count). The fourth-order valence-electron chi connectivity index (χ4n) is 2.62. The molecule has 2 aromatic rings. The summed E-state index contributed by atoms with van der Waals surface area (Å²) in [5.41, 5.74) is -1.76. The maximum atomic E-state index is 14.0. The van der Waals surface area contributed by atoms with E-state index in [1.807, 2.05) is 0 Å². The summed E-state index contributed by atoms with van der Waals surface area (Å²) in [5, 5.41) is 7.38. The van der Waals surface area contributed by atoms with Gasteiger partial charge in [-0.3, -0.25) is 0 Å². The molecule has 0 saturated heterocycles. The summed E-state index contributed by atoms with van der Waals surface area (Å²) in [6.07, 6.45) is -3.12. The molecule has 0 aliphatic rings. The molecule has 1 aromatic heterocycles. The lowest BCUT2D eigenvalue weighted by atomic mass is 10.1. The van der Waals surface area contributed by atoms with Gasteiger partial charge >= 0.3 is 12.2 Å². The molecule has 2 amide bonds. The Balaban J connectivity index is 2.58. The van der Waals surface area contributed by atoms with Crippen molar-refractivity contribution in [2.24, 2.45) is 0 Å². The van der Waals surface area contributed by atoms with Crippen LogP contribution in [0, 0.1) is 5.82 Å². The van der Waals surface area contributed by atoms with Gasteiger partial charge in [0, 0.05) is 16.7 Å². The van der Waals surface area contributed by atoms with Crippen LogP contribution in [0.25, 0.3) is 0 Å². The first-order valence-corrected chi connectivity index (χ1v) is 11.2. The fraction of sp³-hybridized carbons (Fsp3) is 0.455. The number of benzene rings is 1. The summed E-state index contributed by atoms with van der Waals surface area (Å²) >= 11 is 18.3. The van der Waals surface area contributed by atoms with E-state index in [1.165, 1.54) is 19.1 Å². The number of imide groups is 1. The van der Waals surface area contributed by atoms with Gasteiger partial charge in [0.05, 0.1) is 5.02 Å². The summed E-state index contributed by atoms with van der Waals surface area (Å²) in [6.45, 7) is 11.3. The molecule has 0 radical (unpaired) electrons. The Bertz CT molecular complexity index is 1060. The van der Waals surface area contributed by atoms with Crippen molar-refractivity contribution in [3.8, 4) is 5.75 Å². The first kappa shape index (κ1) is 27.9. The predicted molar refractivity (Wildman–Crippen MR) is 127 cm³/mol. The molecule has 0 aliphatic heterocycles. The van der Waals surface area contributed by atoms with Gasteiger partial charge in [0.2, 0.25) is 5.82 Å². The van der Waals surface area contributed by atoms with Gasteiger partial charge < -0.3 is 14.2 Å². The number of nitrogens with zero attached hydrogens (tertiary/aromatic N) is 3. The Hall–Kier alpha value is -2.36. The molecular formula is C22H25Cl3FN3O5. The van der Waals surface area contributed by atoms with Crippen LogP contribution < -0.4 is 9.64 Å². The zero-order valence-corrected chi connectivity index (χ0v) is 22.0. The minimum atomic E-state index is -1.09. The van der Waals surface area contributed by atoms with Crippen LogP contribution in [0.3, 0.4) is 0 Å². The predicted octanol–water partition coefficient (Wildman–Crippen LogP) is 7.39. The molecular weight excluding hydrogens is 512 g/mol. The second-order valence-electron chi connectivity index (χ2n) is 9.17. The van der Waals surface area contributed by atoms with Gasteiger partial charge in [-0.1, -0.05) is 34.8 Å². The van der Waals surface area contributed by atoms with Crippen molar-refractivity contribution in [2.45, 2.75) is 65.8 Å². The van der Waals surface area contributed by atoms with Gasteiger partial charge in [0.25, 0.3) is 0 Å². The van der Waals surface area contributed by atoms with Crippen LogP contribution in [0.5, 0.6) is 5.75 Å². The van der Waals surface area contributed by atoms with E-state index in [0.717, 1.165) is 6.07 Å². The first-order valence-electron chi connectivity index (χ1n) is 10.1. The summed E-state index contributed by atoms with van der Waals surface area (Å²) in [7, 11) is 0. The second kappa shape index (κ2) is 10.5. The number of carbonyl (C=O) groups excluding carboxylic acids is 2. The van der Waals surface area contributed by atoms with Crippen molar-refractivity contribution in [1.82, 2.24) is 10.2 Å². The third-order valence-corrected chi connectivity index (χ3v) is 4.76. The van der Waals surface area contributed by atoms with Gasteiger partial charge in [0.15, 0.2) is 10.9 Å². The normalized spacial score (nSPS) is 12.7. The van der Waals surface area contributed by atoms with E-state index in [2.05, 4.69) is 10.2 Å². The monoisotopic (exact) mass is 535 g/mol. The van der Waals surface area contributed by atoms with Gasteiger partial charge in [0.1, 0.15) is 23.1 Å². The van der Waals surface area contributed by atoms with Gasteiger partial charge in [-0.2, -0.15) is 4.90 Å². The molecule has 34 heavy (non-hydrogen) atoms. The van der Waals surface area contributed by atoms with E-state index in [1.54, 1.807) is 41.5 Å². The van der Waals surface area contributed by atoms with E-state index >= 15 is 0 Å². The third kappa shape index (κ3) is 7.32. The number of hydrogen-bond acceptors (Lipinski definition) is 7. The molecule has 0 fully saturated rings. The number of amides is 2. The maximum absolute atomic E-state index is 14.0. The highest BCUT2D eigenvalue weighted by Crippen LogP contribution is 2.38. The van der Waals surface area contributed by atoms with E-state index < -0.39 is 35.3 Å². The summed E-state index contributed by atoms with van der Waals surface area (Å²) < 4.78 is 30.6. The molecule has 0 aliphatic carbocycles. The standard InChI is InChI=1S/C22H25Cl3FN3O5/c1-11(16-12(23)8-9-13(26)17(16)25)32-14-10-15(24)27-28-18(14)29(19(30)33-21(2,3)4)20(31)34-22(5,6)7/h8-11H,1-7H3/t11-/m0/s1. The SMILES string of the molecule is C[C@H](Oc1cc(Cl)nnc1N(C(=O)OC(C)(C)C)C(=O)OC(C)(C)C)c1c(Cl)ccc(F)c1Cl. The summed E-state index contributed by atoms with van der Waals surface area (Å²) in [6, 6.07) is 3.66. The van der Waals surface area contributed by atoms with Crippen LogP contribution in [0.1, 0.15) is 60.1 Å². The van der Waals surface area contributed by atoms with Crippen LogP contribution in [-0.2, 0) is 9.47 Å². The molecule has 1 aromatic carbocycles. The zero-order valence-electron chi connectivity index (χ0n) is 19.7. The summed E-state index contributed by atoms with van der Waals surface area (Å²) in [5.74, 6) is -1.21. The molecule has 0 spiro atoms. The van der Waals surface area contributed by atoms with E-state index in [0.29, 0.717) is 4.90 Å². The van der Waals surface area contributed by atoms with Crippen LogP contribution in [0.2, 0.25) is 15.2 Å². The zero-order chi connectivity index (χ0) is 26.0. The molecule has 12 heteroatoms. The van der Waals surface area contributed by atoms with Gasteiger partial charge in [-0.15, -0.1) is 10.2 Å². The van der Waals surface area contributed by atoms with Crippen LogP contribution in [0.15, 0.2) is 18.2 Å². The highest BCUT2D eigenvalue weighted by Gasteiger charge is 2.36. The Morgan fingerprint density at radius 3 is 2.00 bits per heavy atom. The second-order valence-corrected chi connectivity index (χ2v) is 10.3. The van der Waals surface area contributed by atoms with Crippen LogP contribution in [-0.4, -0.2) is 33.6 Å². The molecule has 0 N–H and O–H groups in total. The minimum Gasteiger partial charge on any atom is -0.482 e. The largest absolute Gasteiger partial charge is 0.482 e. The number of anilines is 1. The Morgan fingerprint density at radius 2 is 1.50 bits per heavy atom. The van der Waals surface area contributed by atoms with Crippen LogP contribution in [0.4, 0.5) is 19.8 Å². The quantitative estimate of drug-likeness (QED) is 0.376. The van der Waals surface area contributed by atoms with Gasteiger partial charge in [-0.05, 0) is 60.6 Å². The highest BCUT2D eigenvalue weighted by atomic mass is 35.5. The summed E-state index contributed by atoms with van der Waals surface area (Å²) in [4.78, 5) is 26.5. The smallest absolute Gasteiger partial charge is 0.425 e. The lowest BCUT2D eigenvalue weighted by Gasteiger charge is -2.29. The molecule has 0 unspecified atom stereocenters. The molecule has 0 bridgehead atoms. The van der Waals surface area contributed by atoms with Crippen molar-refractivity contribution in [2.75, 3.05) is 4.90 Å². The lowest BCUT2D eigenvalue weighted by molar-refractivity contribution is 0.0426. The van der Waals surface area contributed by atoms with Crippen molar-refractivity contribution in [1.29, 1.82) is 0 Å². The van der Waals surface area contributed by atoms with E-state index in [9.17, 15) is 14.0 Å². The van der Waals surface area contributed by atoms with Crippen molar-refractivity contribution >= 4 is 52.8 Å². The maximum Gasteiger partial charge on any atom is 0.425 e. The number of rotatable bonds is 4. The Labute approximate surface area is 212 Å². The average molecular weight is 537 g/mol.